The van der Waals surface area contributed by atoms with Gasteiger partial charge in [-0.1, -0.05) is 13.8 Å². The minimum Gasteiger partial charge on any atom is -0.313 e. The molecule has 1 aliphatic heterocycles. The highest BCUT2D eigenvalue weighted by Crippen LogP contribution is 2.11. The summed E-state index contributed by atoms with van der Waals surface area (Å²) in [6, 6.07) is 2.01. The lowest BCUT2D eigenvalue weighted by Crippen LogP contribution is -2.56. The average Bonchev–Trinajstić information content (AvgIpc) is 2.35. The van der Waals surface area contributed by atoms with E-state index in [0.717, 1.165) is 6.54 Å². The van der Waals surface area contributed by atoms with Crippen LogP contribution in [0.4, 0.5) is 0 Å². The van der Waals surface area contributed by atoms with Crippen molar-refractivity contribution in [3.8, 4) is 0 Å². The number of nitrogens with zero attached hydrogens (tertiary/aromatic N) is 2. The molecule has 3 heteroatoms. The molecule has 102 valence electrons. The zero-order valence-electron chi connectivity index (χ0n) is 12.4. The molecule has 0 aliphatic carbocycles. The van der Waals surface area contributed by atoms with E-state index in [-0.39, 0.29) is 0 Å². The topological polar surface area (TPSA) is 18.5 Å². The molecule has 3 nitrogen and oxygen atoms in total. The third-order valence-corrected chi connectivity index (χ3v) is 4.20. The second-order valence-electron chi connectivity index (χ2n) is 5.54. The molecule has 3 atom stereocenters. The summed E-state index contributed by atoms with van der Waals surface area (Å²) in [4.78, 5) is 5.21. The lowest BCUT2D eigenvalue weighted by atomic mass is 10.1. The Kier molecular flexibility index (Phi) is 6.45. The van der Waals surface area contributed by atoms with Gasteiger partial charge in [-0.25, -0.2) is 0 Å². The Labute approximate surface area is 108 Å². The van der Waals surface area contributed by atoms with Gasteiger partial charge in [-0.3, -0.25) is 9.80 Å². The van der Waals surface area contributed by atoms with Crippen molar-refractivity contribution in [3.63, 3.8) is 0 Å². The first-order valence-electron chi connectivity index (χ1n) is 7.29. The predicted octanol–water partition coefficient (Wildman–Crippen LogP) is 1.79. The summed E-state index contributed by atoms with van der Waals surface area (Å²) in [5, 5.41) is 3.61. The van der Waals surface area contributed by atoms with Gasteiger partial charge in [0.25, 0.3) is 0 Å². The highest BCUT2D eigenvalue weighted by atomic mass is 15.3. The minimum absolute atomic E-state index is 0.645. The van der Waals surface area contributed by atoms with Crippen molar-refractivity contribution < 1.29 is 0 Å². The summed E-state index contributed by atoms with van der Waals surface area (Å²) in [7, 11) is 0. The number of likely N-dealkylation sites (N-methyl/N-ethyl adjacent to an activating group) is 1. The Hall–Kier alpha value is -0.120. The second kappa shape index (κ2) is 7.34. The van der Waals surface area contributed by atoms with E-state index in [1.165, 1.54) is 32.6 Å². The van der Waals surface area contributed by atoms with Gasteiger partial charge in [-0.15, -0.1) is 0 Å². The summed E-state index contributed by atoms with van der Waals surface area (Å²) in [5.74, 6) is 0. The predicted molar refractivity (Wildman–Crippen MR) is 75.5 cm³/mol. The molecule has 1 saturated heterocycles. The van der Waals surface area contributed by atoms with Gasteiger partial charge < -0.3 is 5.32 Å². The quantitative estimate of drug-likeness (QED) is 0.765. The normalized spacial score (nSPS) is 27.0. The highest BCUT2D eigenvalue weighted by Gasteiger charge is 2.25. The van der Waals surface area contributed by atoms with Gasteiger partial charge in [0.15, 0.2) is 0 Å². The lowest BCUT2D eigenvalue weighted by molar-refractivity contribution is 0.0629. The third kappa shape index (κ3) is 4.57. The van der Waals surface area contributed by atoms with Crippen LogP contribution in [0.2, 0.25) is 0 Å². The molecule has 0 bridgehead atoms. The standard InChI is InChI=1S/C14H31N3/c1-6-12(3)15-10-13(4)17-9-8-16(7-2)14(5)11-17/h12-15H,6-11H2,1-5H3. The first-order chi connectivity index (χ1) is 8.08. The van der Waals surface area contributed by atoms with Crippen LogP contribution < -0.4 is 5.32 Å². The van der Waals surface area contributed by atoms with E-state index in [4.69, 9.17) is 0 Å². The Morgan fingerprint density at radius 2 is 1.94 bits per heavy atom. The van der Waals surface area contributed by atoms with E-state index in [1.54, 1.807) is 0 Å². The first kappa shape index (κ1) is 14.9. The molecule has 0 amide bonds. The van der Waals surface area contributed by atoms with E-state index >= 15 is 0 Å². The maximum absolute atomic E-state index is 3.61. The van der Waals surface area contributed by atoms with Crippen LogP contribution in [-0.4, -0.2) is 60.6 Å². The largest absolute Gasteiger partial charge is 0.313 e. The van der Waals surface area contributed by atoms with Crippen LogP contribution in [0, 0.1) is 0 Å². The molecule has 1 aliphatic rings. The fourth-order valence-corrected chi connectivity index (χ4v) is 2.54. The Morgan fingerprint density at radius 3 is 2.47 bits per heavy atom. The van der Waals surface area contributed by atoms with Crippen LogP contribution in [-0.2, 0) is 0 Å². The van der Waals surface area contributed by atoms with Gasteiger partial charge in [0.2, 0.25) is 0 Å². The molecule has 0 aromatic rings. The summed E-state index contributed by atoms with van der Waals surface area (Å²) in [5.41, 5.74) is 0. The molecule has 0 spiro atoms. The number of hydrogen-bond donors (Lipinski definition) is 1. The molecule has 0 aromatic heterocycles. The van der Waals surface area contributed by atoms with Gasteiger partial charge in [0.1, 0.15) is 0 Å². The smallest absolute Gasteiger partial charge is 0.0195 e. The number of rotatable bonds is 6. The zero-order valence-corrected chi connectivity index (χ0v) is 12.4. The van der Waals surface area contributed by atoms with E-state index in [9.17, 15) is 0 Å². The van der Waals surface area contributed by atoms with E-state index in [0.29, 0.717) is 18.1 Å². The first-order valence-corrected chi connectivity index (χ1v) is 7.29. The van der Waals surface area contributed by atoms with Crippen LogP contribution in [0.1, 0.15) is 41.0 Å². The number of hydrogen-bond acceptors (Lipinski definition) is 3. The Bertz CT molecular complexity index is 208. The van der Waals surface area contributed by atoms with Crippen molar-refractivity contribution in [3.05, 3.63) is 0 Å². The maximum atomic E-state index is 3.61. The summed E-state index contributed by atoms with van der Waals surface area (Å²) in [6.45, 7) is 17.5. The SMILES string of the molecule is CCC(C)NCC(C)N1CCN(CC)C(C)C1. The lowest BCUT2D eigenvalue weighted by Gasteiger charge is -2.42. The van der Waals surface area contributed by atoms with Crippen molar-refractivity contribution in [1.29, 1.82) is 0 Å². The zero-order chi connectivity index (χ0) is 12.8. The molecule has 1 fully saturated rings. The van der Waals surface area contributed by atoms with Crippen molar-refractivity contribution in [2.24, 2.45) is 0 Å². The van der Waals surface area contributed by atoms with Gasteiger partial charge in [-0.05, 0) is 33.7 Å². The molecule has 0 radical (unpaired) electrons. The summed E-state index contributed by atoms with van der Waals surface area (Å²) < 4.78 is 0. The van der Waals surface area contributed by atoms with Gasteiger partial charge in [0, 0.05) is 44.3 Å². The molecule has 3 unspecified atom stereocenters. The summed E-state index contributed by atoms with van der Waals surface area (Å²) in [6.07, 6.45) is 1.22. The number of nitrogens with one attached hydrogen (secondary N) is 1. The van der Waals surface area contributed by atoms with E-state index < -0.39 is 0 Å². The van der Waals surface area contributed by atoms with Crippen molar-refractivity contribution in [1.82, 2.24) is 15.1 Å². The van der Waals surface area contributed by atoms with E-state index in [1.807, 2.05) is 0 Å². The van der Waals surface area contributed by atoms with Crippen LogP contribution >= 0.6 is 0 Å². The monoisotopic (exact) mass is 241 g/mol. The second-order valence-corrected chi connectivity index (χ2v) is 5.54. The molecule has 1 heterocycles. The summed E-state index contributed by atoms with van der Waals surface area (Å²) >= 11 is 0. The Morgan fingerprint density at radius 1 is 1.24 bits per heavy atom. The van der Waals surface area contributed by atoms with Crippen LogP contribution in [0.25, 0.3) is 0 Å². The molecule has 0 aromatic carbocycles. The maximum Gasteiger partial charge on any atom is 0.0195 e. The molecule has 1 N–H and O–H groups in total. The van der Waals surface area contributed by atoms with Crippen molar-refractivity contribution in [2.45, 2.75) is 59.2 Å². The van der Waals surface area contributed by atoms with Crippen LogP contribution in [0.5, 0.6) is 0 Å². The molecule has 1 rings (SSSR count). The van der Waals surface area contributed by atoms with Crippen molar-refractivity contribution >= 4 is 0 Å². The number of piperazine rings is 1. The van der Waals surface area contributed by atoms with Crippen LogP contribution in [0.3, 0.4) is 0 Å². The molecule has 17 heavy (non-hydrogen) atoms. The minimum atomic E-state index is 0.645. The van der Waals surface area contributed by atoms with Crippen LogP contribution in [0.15, 0.2) is 0 Å². The average molecular weight is 241 g/mol. The fraction of sp³-hybridized carbons (Fsp3) is 1.00. The Balaban J connectivity index is 2.31. The third-order valence-electron chi connectivity index (χ3n) is 4.20. The highest BCUT2D eigenvalue weighted by molar-refractivity contribution is 4.82. The van der Waals surface area contributed by atoms with Crippen molar-refractivity contribution in [2.75, 3.05) is 32.7 Å². The van der Waals surface area contributed by atoms with Gasteiger partial charge in [0.05, 0.1) is 0 Å². The van der Waals surface area contributed by atoms with E-state index in [2.05, 4.69) is 49.7 Å². The molecule has 0 saturated carbocycles. The molecular weight excluding hydrogens is 210 g/mol. The molecular formula is C14H31N3. The van der Waals surface area contributed by atoms with Gasteiger partial charge in [-0.2, -0.15) is 0 Å². The van der Waals surface area contributed by atoms with Gasteiger partial charge >= 0.3 is 0 Å². The fourth-order valence-electron chi connectivity index (χ4n) is 2.54.